The van der Waals surface area contributed by atoms with E-state index in [4.69, 9.17) is 21.1 Å². The summed E-state index contributed by atoms with van der Waals surface area (Å²) in [6, 6.07) is 0. The lowest BCUT2D eigenvalue weighted by Crippen LogP contribution is -2.53. The van der Waals surface area contributed by atoms with Gasteiger partial charge in [-0.2, -0.15) is 0 Å². The molecule has 0 aromatic heterocycles. The summed E-state index contributed by atoms with van der Waals surface area (Å²) in [5.74, 6) is -1.07. The van der Waals surface area contributed by atoms with E-state index in [1.54, 1.807) is 0 Å². The third kappa shape index (κ3) is 8.58. The first-order valence-corrected chi connectivity index (χ1v) is 19.5. The minimum absolute atomic E-state index is 0.0315. The summed E-state index contributed by atoms with van der Waals surface area (Å²) in [4.78, 5) is 41.8. The Hall–Kier alpha value is -1.54. The molecule has 2 fully saturated rings. The fraction of sp³-hybridized carbons (Fsp3) is 0.829. The summed E-state index contributed by atoms with van der Waals surface area (Å²) in [7, 11) is 1.40. The molecule has 2 aliphatic heterocycles. The molecule has 11 atom stereocenters. The molecule has 2 bridgehead atoms. The fourth-order valence-corrected chi connectivity index (χ4v) is 9.95. The van der Waals surface area contributed by atoms with Gasteiger partial charge in [0.15, 0.2) is 0 Å². The number of methoxy groups -OCH3 is 1. The van der Waals surface area contributed by atoms with Crippen molar-refractivity contribution in [1.82, 2.24) is 0 Å². The maximum atomic E-state index is 14.7. The highest BCUT2D eigenvalue weighted by Gasteiger charge is 2.59. The van der Waals surface area contributed by atoms with E-state index in [0.717, 1.165) is 36.0 Å². The van der Waals surface area contributed by atoms with Crippen LogP contribution in [0, 0.1) is 40.9 Å². The Balaban J connectivity index is 1.94. The van der Waals surface area contributed by atoms with Gasteiger partial charge in [0.25, 0.3) is 0 Å². The van der Waals surface area contributed by atoms with Gasteiger partial charge in [0, 0.05) is 30.6 Å². The molecule has 2 aliphatic carbocycles. The Labute approximate surface area is 301 Å². The highest BCUT2D eigenvalue weighted by molar-refractivity contribution is 6.24. The van der Waals surface area contributed by atoms with Gasteiger partial charge in [0.2, 0.25) is 0 Å². The SMILES string of the molecule is COC(=O)[C@@]12CC[C@@H](C(C)C)CC(=O)[C@@H](C)CCC[C@@H](C)CC(=O)[C@@H]1CC(C)=C1[C@H](O)C[C@](C)(Cl)[C@H]3CC[C@@](C)(O3)[C@H](O)CCC(C)=C[C@H]12. The zero-order valence-corrected chi connectivity index (χ0v) is 32.5. The van der Waals surface area contributed by atoms with Crippen LogP contribution in [-0.2, 0) is 23.9 Å². The number of rotatable bonds is 2. The number of fused-ring (bicyclic) bond motifs is 5. The lowest BCUT2D eigenvalue weighted by atomic mass is 9.53. The Kier molecular flexibility index (Phi) is 13.1. The first-order valence-electron chi connectivity index (χ1n) is 19.1. The van der Waals surface area contributed by atoms with Crippen molar-refractivity contribution in [3.05, 3.63) is 22.8 Å². The first kappa shape index (κ1) is 40.2. The number of aliphatic hydroxyl groups excluding tert-OH is 2. The highest BCUT2D eigenvalue weighted by Crippen LogP contribution is 2.56. The van der Waals surface area contributed by atoms with E-state index < -0.39 is 45.9 Å². The van der Waals surface area contributed by atoms with Crippen molar-refractivity contribution in [3.8, 4) is 0 Å². The number of carbonyl (C=O) groups excluding carboxylic acids is 3. The zero-order chi connectivity index (χ0) is 36.5. The van der Waals surface area contributed by atoms with Gasteiger partial charge in [-0.1, -0.05) is 57.8 Å². The maximum Gasteiger partial charge on any atom is 0.313 e. The molecule has 1 saturated heterocycles. The molecule has 4 rings (SSSR count). The van der Waals surface area contributed by atoms with Crippen LogP contribution in [0.15, 0.2) is 22.8 Å². The third-order valence-corrected chi connectivity index (χ3v) is 13.5. The van der Waals surface area contributed by atoms with Crippen LogP contribution in [-0.4, -0.2) is 63.6 Å². The van der Waals surface area contributed by atoms with Gasteiger partial charge in [-0.25, -0.2) is 0 Å². The predicted octanol–water partition coefficient (Wildman–Crippen LogP) is 8.31. The molecular weight excluding hydrogens is 640 g/mol. The van der Waals surface area contributed by atoms with E-state index in [9.17, 15) is 24.6 Å². The van der Waals surface area contributed by atoms with Crippen LogP contribution < -0.4 is 0 Å². The second-order valence-corrected chi connectivity index (χ2v) is 18.2. The van der Waals surface area contributed by atoms with Crippen molar-refractivity contribution >= 4 is 29.1 Å². The Morgan fingerprint density at radius 3 is 2.33 bits per heavy atom. The van der Waals surface area contributed by atoms with E-state index in [-0.39, 0.29) is 47.8 Å². The topological polar surface area (TPSA) is 110 Å². The van der Waals surface area contributed by atoms with E-state index in [0.29, 0.717) is 57.8 Å². The molecular formula is C41H65ClO7. The van der Waals surface area contributed by atoms with Crippen LogP contribution in [0.3, 0.4) is 0 Å². The van der Waals surface area contributed by atoms with Crippen LogP contribution in [0.2, 0.25) is 0 Å². The summed E-state index contributed by atoms with van der Waals surface area (Å²) >= 11 is 7.26. The van der Waals surface area contributed by atoms with Crippen LogP contribution in [0.5, 0.6) is 0 Å². The number of hydrogen-bond donors (Lipinski definition) is 2. The normalized spacial score (nSPS) is 42.2. The molecule has 8 heteroatoms. The highest BCUT2D eigenvalue weighted by atomic mass is 35.5. The van der Waals surface area contributed by atoms with Gasteiger partial charge in [0.1, 0.15) is 11.6 Å². The van der Waals surface area contributed by atoms with Crippen molar-refractivity contribution in [3.63, 3.8) is 0 Å². The lowest BCUT2D eigenvalue weighted by Gasteiger charge is -2.50. The van der Waals surface area contributed by atoms with Crippen LogP contribution in [0.1, 0.15) is 139 Å². The molecule has 278 valence electrons. The number of hydrogen-bond acceptors (Lipinski definition) is 7. The monoisotopic (exact) mass is 704 g/mol. The van der Waals surface area contributed by atoms with E-state index >= 15 is 0 Å². The Morgan fingerprint density at radius 2 is 1.67 bits per heavy atom. The van der Waals surface area contributed by atoms with Crippen molar-refractivity contribution < 1.29 is 34.1 Å². The molecule has 1 saturated carbocycles. The number of ether oxygens (including phenoxy) is 2. The Bertz CT molecular complexity index is 1280. The van der Waals surface area contributed by atoms with E-state index in [1.807, 2.05) is 34.6 Å². The van der Waals surface area contributed by atoms with Crippen LogP contribution >= 0.6 is 11.6 Å². The van der Waals surface area contributed by atoms with Crippen LogP contribution in [0.25, 0.3) is 0 Å². The van der Waals surface area contributed by atoms with Gasteiger partial charge in [0.05, 0.1) is 41.3 Å². The van der Waals surface area contributed by atoms with E-state index in [2.05, 4.69) is 26.8 Å². The maximum absolute atomic E-state index is 14.7. The number of aliphatic hydroxyl groups is 2. The standard InChI is InChI=1S/C41H65ClO7/c1-24(2)29-15-18-41(38(47)48-9)30(33(44)20-25(3)11-10-12-27(5)32(43)22-29)21-28(6)37-31(41)19-26(4)13-14-35(46)40(8)17-16-36(49-40)39(7,42)23-34(37)45/h19,24-25,27,29-31,34-36,45-46H,10-18,20-23H2,1-9H3/t25-,27+,29-,30+,31-,34-,35-,36-,39+,40-,41+/m1/s1. The van der Waals surface area contributed by atoms with Crippen molar-refractivity contribution in [2.24, 2.45) is 40.9 Å². The minimum Gasteiger partial charge on any atom is -0.469 e. The number of carbonyl (C=O) groups is 3. The van der Waals surface area contributed by atoms with Gasteiger partial charge < -0.3 is 19.7 Å². The largest absolute Gasteiger partial charge is 0.469 e. The van der Waals surface area contributed by atoms with Crippen molar-refractivity contribution in [1.29, 1.82) is 0 Å². The van der Waals surface area contributed by atoms with Crippen LogP contribution in [0.4, 0.5) is 0 Å². The molecule has 49 heavy (non-hydrogen) atoms. The van der Waals surface area contributed by atoms with Gasteiger partial charge >= 0.3 is 5.97 Å². The quantitative estimate of drug-likeness (QED) is 0.169. The summed E-state index contributed by atoms with van der Waals surface area (Å²) in [6.07, 6.45) is 7.22. The molecule has 0 unspecified atom stereocenters. The Morgan fingerprint density at radius 1 is 0.980 bits per heavy atom. The summed E-state index contributed by atoms with van der Waals surface area (Å²) in [5.41, 5.74) is 0.604. The molecule has 4 aliphatic rings. The van der Waals surface area contributed by atoms with E-state index in [1.165, 1.54) is 7.11 Å². The fourth-order valence-electron chi connectivity index (χ4n) is 9.65. The summed E-state index contributed by atoms with van der Waals surface area (Å²) < 4.78 is 12.2. The number of Topliss-reactive ketones (excluding diaryl/α,β-unsaturated/α-hetero) is 2. The van der Waals surface area contributed by atoms with Gasteiger partial charge in [-0.15, -0.1) is 11.6 Å². The molecule has 0 amide bonds. The molecule has 0 aromatic carbocycles. The molecule has 7 nitrogen and oxygen atoms in total. The smallest absolute Gasteiger partial charge is 0.313 e. The summed E-state index contributed by atoms with van der Waals surface area (Å²) in [5, 5.41) is 23.7. The number of allylic oxidation sites excluding steroid dienone is 3. The molecule has 0 radical (unpaired) electrons. The first-order chi connectivity index (χ1) is 22.9. The number of alkyl halides is 1. The number of esters is 1. The molecule has 0 spiro atoms. The molecule has 0 aromatic rings. The van der Waals surface area contributed by atoms with Gasteiger partial charge in [-0.05, 0) is 109 Å². The number of ketones is 2. The number of halogens is 1. The molecule has 2 heterocycles. The minimum atomic E-state index is -1.28. The predicted molar refractivity (Wildman–Crippen MR) is 194 cm³/mol. The lowest BCUT2D eigenvalue weighted by molar-refractivity contribution is -0.165. The second-order valence-electron chi connectivity index (χ2n) is 17.3. The third-order valence-electron chi connectivity index (χ3n) is 13.1. The van der Waals surface area contributed by atoms with Crippen molar-refractivity contribution in [2.45, 2.75) is 168 Å². The average molecular weight is 705 g/mol. The van der Waals surface area contributed by atoms with Crippen molar-refractivity contribution in [2.75, 3.05) is 7.11 Å². The van der Waals surface area contributed by atoms with Gasteiger partial charge in [-0.3, -0.25) is 14.4 Å². The summed E-state index contributed by atoms with van der Waals surface area (Å²) in [6.45, 7) is 16.2. The second kappa shape index (κ2) is 16.0. The zero-order valence-electron chi connectivity index (χ0n) is 31.8. The molecule has 2 N–H and O–H groups in total. The average Bonchev–Trinajstić information content (AvgIpc) is 3.44.